The first kappa shape index (κ1) is 31.1. The zero-order chi connectivity index (χ0) is 37.2. The minimum absolute atomic E-state index is 1.16. The Morgan fingerprint density at radius 3 is 1.58 bits per heavy atom. The van der Waals surface area contributed by atoms with E-state index in [0.717, 1.165) is 5.69 Å². The average molecular weight is 741 g/mol. The van der Waals surface area contributed by atoms with E-state index in [-0.39, 0.29) is 0 Å². The zero-order valence-corrected chi connectivity index (χ0v) is 31.6. The summed E-state index contributed by atoms with van der Waals surface area (Å²) in [6.07, 6.45) is 0. The van der Waals surface area contributed by atoms with Gasteiger partial charge in [-0.05, 0) is 63.0 Å². The molecule has 0 saturated carbocycles. The third kappa shape index (κ3) is 4.13. The highest BCUT2D eigenvalue weighted by atomic mass is 32.1. The van der Waals surface area contributed by atoms with Gasteiger partial charge in [0, 0.05) is 53.5 Å². The van der Waals surface area contributed by atoms with Crippen LogP contribution in [0.1, 0.15) is 0 Å². The number of rotatable bonds is 3. The van der Waals surface area contributed by atoms with Gasteiger partial charge in [-0.15, -0.1) is 11.3 Å². The van der Waals surface area contributed by atoms with Crippen LogP contribution in [0.4, 0.5) is 0 Å². The molecule has 264 valence electrons. The fourth-order valence-electron chi connectivity index (χ4n) is 10.0. The Bertz CT molecular complexity index is 3740. The lowest BCUT2D eigenvalue weighted by Crippen LogP contribution is -2.00. The largest absolute Gasteiger partial charge is 0.309 e. The molecule has 10 aromatic carbocycles. The van der Waals surface area contributed by atoms with Crippen molar-refractivity contribution in [1.82, 2.24) is 9.13 Å². The minimum Gasteiger partial charge on any atom is -0.309 e. The van der Waals surface area contributed by atoms with Gasteiger partial charge in [0.25, 0.3) is 0 Å². The van der Waals surface area contributed by atoms with Crippen molar-refractivity contribution in [2.75, 3.05) is 0 Å². The van der Waals surface area contributed by atoms with Gasteiger partial charge in [-0.2, -0.15) is 0 Å². The lowest BCUT2D eigenvalue weighted by molar-refractivity contribution is 1.19. The monoisotopic (exact) mass is 740 g/mol. The Kier molecular flexibility index (Phi) is 6.35. The van der Waals surface area contributed by atoms with Crippen molar-refractivity contribution in [3.8, 4) is 22.5 Å². The Morgan fingerprint density at radius 1 is 0.333 bits per heavy atom. The summed E-state index contributed by atoms with van der Waals surface area (Å²) >= 11 is 1.93. The van der Waals surface area contributed by atoms with Crippen LogP contribution in [0.5, 0.6) is 0 Å². The molecule has 0 radical (unpaired) electrons. The molecule has 0 saturated heterocycles. The highest BCUT2D eigenvalue weighted by Crippen LogP contribution is 2.53. The van der Waals surface area contributed by atoms with E-state index in [2.05, 4.69) is 203 Å². The molecule has 0 spiro atoms. The molecular formula is C54H32N2S. The minimum atomic E-state index is 1.16. The molecule has 0 fully saturated rings. The van der Waals surface area contributed by atoms with Crippen LogP contribution in [-0.2, 0) is 0 Å². The summed E-state index contributed by atoms with van der Waals surface area (Å²) in [6, 6.07) is 71.7. The van der Waals surface area contributed by atoms with Gasteiger partial charge in [-0.25, -0.2) is 0 Å². The molecule has 13 rings (SSSR count). The maximum atomic E-state index is 2.63. The van der Waals surface area contributed by atoms with Crippen molar-refractivity contribution in [3.63, 3.8) is 0 Å². The smallest absolute Gasteiger partial charge is 0.0741 e. The summed E-state index contributed by atoms with van der Waals surface area (Å²) in [7, 11) is 0. The van der Waals surface area contributed by atoms with Crippen molar-refractivity contribution in [1.29, 1.82) is 0 Å². The molecule has 0 aliphatic carbocycles. The summed E-state index contributed by atoms with van der Waals surface area (Å²) in [5.41, 5.74) is 9.86. The zero-order valence-electron chi connectivity index (χ0n) is 30.8. The van der Waals surface area contributed by atoms with E-state index in [1.54, 1.807) is 0 Å². The van der Waals surface area contributed by atoms with Crippen molar-refractivity contribution in [2.24, 2.45) is 0 Å². The van der Waals surface area contributed by atoms with Crippen LogP contribution in [-0.4, -0.2) is 9.13 Å². The van der Waals surface area contributed by atoms with Crippen LogP contribution < -0.4 is 0 Å². The van der Waals surface area contributed by atoms with Gasteiger partial charge < -0.3 is 9.13 Å². The number of hydrogen-bond donors (Lipinski definition) is 0. The van der Waals surface area contributed by atoms with E-state index >= 15 is 0 Å². The van der Waals surface area contributed by atoms with Gasteiger partial charge in [-0.3, -0.25) is 0 Å². The van der Waals surface area contributed by atoms with Crippen molar-refractivity contribution >= 4 is 107 Å². The van der Waals surface area contributed by atoms with Gasteiger partial charge in [0.15, 0.2) is 0 Å². The van der Waals surface area contributed by atoms with Gasteiger partial charge in [0.05, 0.1) is 32.5 Å². The Morgan fingerprint density at radius 2 is 0.860 bits per heavy atom. The lowest BCUT2D eigenvalue weighted by Gasteiger charge is -2.20. The summed E-state index contributed by atoms with van der Waals surface area (Å²) in [5, 5.41) is 15.3. The van der Waals surface area contributed by atoms with Crippen molar-refractivity contribution in [3.05, 3.63) is 194 Å². The first-order chi connectivity index (χ1) is 28.3. The Hall–Kier alpha value is -7.20. The molecule has 3 heteroatoms. The molecular weight excluding hydrogens is 709 g/mol. The summed E-state index contributed by atoms with van der Waals surface area (Å²) < 4.78 is 7.77. The average Bonchev–Trinajstić information content (AvgIpc) is 3.94. The maximum absolute atomic E-state index is 2.63. The second-order valence-corrected chi connectivity index (χ2v) is 16.2. The van der Waals surface area contributed by atoms with Crippen molar-refractivity contribution in [2.45, 2.75) is 0 Å². The van der Waals surface area contributed by atoms with Crippen LogP contribution in [0.2, 0.25) is 0 Å². The molecule has 3 aromatic heterocycles. The third-order valence-electron chi connectivity index (χ3n) is 12.2. The van der Waals surface area contributed by atoms with Gasteiger partial charge in [-0.1, -0.05) is 164 Å². The van der Waals surface area contributed by atoms with Gasteiger partial charge in [0.1, 0.15) is 0 Å². The topological polar surface area (TPSA) is 9.86 Å². The van der Waals surface area contributed by atoms with Crippen LogP contribution >= 0.6 is 11.3 Å². The molecule has 0 bridgehead atoms. The second kappa shape index (κ2) is 11.7. The summed E-state index contributed by atoms with van der Waals surface area (Å²) in [5.74, 6) is 0. The third-order valence-corrected chi connectivity index (χ3v) is 13.4. The maximum Gasteiger partial charge on any atom is 0.0741 e. The summed E-state index contributed by atoms with van der Waals surface area (Å²) in [4.78, 5) is 0. The molecule has 0 amide bonds. The number of nitrogens with zero attached hydrogens (tertiary/aromatic N) is 2. The number of benzene rings is 10. The molecule has 0 N–H and O–H groups in total. The van der Waals surface area contributed by atoms with E-state index in [9.17, 15) is 0 Å². The normalized spacial score (nSPS) is 12.2. The Balaban J connectivity index is 1.32. The predicted molar refractivity (Wildman–Crippen MR) is 246 cm³/mol. The lowest BCUT2D eigenvalue weighted by atomic mass is 9.88. The number of fused-ring (bicyclic) bond motifs is 15. The van der Waals surface area contributed by atoms with E-state index in [1.807, 2.05) is 11.3 Å². The van der Waals surface area contributed by atoms with Crippen molar-refractivity contribution < 1.29 is 0 Å². The standard InChI is InChI=1S/C54H32N2S/c1-2-19-34(20-3-1)55-44-30-13-10-26-41(44)48-49-43-28-12-15-32-46(43)57-54(49)53-50(52(48)55)42-27-11-14-31-45(42)56(53)51-39-24-8-6-22-37(39)47(38-23-7-9-25-40(38)51)36-29-16-18-33-17-4-5-21-35(33)36/h1-32H. The predicted octanol–water partition coefficient (Wildman–Crippen LogP) is 15.4. The van der Waals surface area contributed by atoms with Crippen LogP contribution in [0.25, 0.3) is 119 Å². The molecule has 2 nitrogen and oxygen atoms in total. The molecule has 3 heterocycles. The SMILES string of the molecule is c1ccc(-n2c3ccccc3c3c4c5ccccc5sc4c4c(c5ccccc5n4-c4c5ccccc5c(-c5cccc6ccccc56)c5ccccc45)c32)cc1. The van der Waals surface area contributed by atoms with Gasteiger partial charge in [0.2, 0.25) is 0 Å². The first-order valence-electron chi connectivity index (χ1n) is 19.6. The number of para-hydroxylation sites is 3. The highest BCUT2D eigenvalue weighted by molar-refractivity contribution is 7.27. The van der Waals surface area contributed by atoms with E-state index in [1.165, 1.54) is 113 Å². The van der Waals surface area contributed by atoms with E-state index < -0.39 is 0 Å². The van der Waals surface area contributed by atoms with Gasteiger partial charge >= 0.3 is 0 Å². The molecule has 0 unspecified atom stereocenters. The number of aromatic nitrogens is 2. The molecule has 57 heavy (non-hydrogen) atoms. The fraction of sp³-hybridized carbons (Fsp3) is 0. The van der Waals surface area contributed by atoms with Crippen LogP contribution in [0.3, 0.4) is 0 Å². The van der Waals surface area contributed by atoms with E-state index in [0.29, 0.717) is 0 Å². The van der Waals surface area contributed by atoms with E-state index in [4.69, 9.17) is 0 Å². The highest BCUT2D eigenvalue weighted by Gasteiger charge is 2.28. The molecule has 0 aliphatic rings. The number of hydrogen-bond acceptors (Lipinski definition) is 1. The quantitative estimate of drug-likeness (QED) is 0.160. The second-order valence-electron chi connectivity index (χ2n) is 15.1. The van der Waals surface area contributed by atoms with Crippen LogP contribution in [0.15, 0.2) is 194 Å². The number of thiophene rings is 1. The molecule has 13 aromatic rings. The molecule has 0 aliphatic heterocycles. The molecule has 0 atom stereocenters. The Labute approximate surface area is 331 Å². The first-order valence-corrected chi connectivity index (χ1v) is 20.4. The fourth-order valence-corrected chi connectivity index (χ4v) is 11.3. The summed E-state index contributed by atoms with van der Waals surface area (Å²) in [6.45, 7) is 0. The van der Waals surface area contributed by atoms with Crippen LogP contribution in [0, 0.1) is 0 Å².